The Morgan fingerprint density at radius 1 is 1.21 bits per heavy atom. The van der Waals surface area contributed by atoms with Gasteiger partial charge in [-0.05, 0) is 76.8 Å². The van der Waals surface area contributed by atoms with Crippen molar-refractivity contribution < 1.29 is 9.21 Å². The zero-order valence-corrected chi connectivity index (χ0v) is 18.0. The molecular formula is C22H27ClN4O2. The zero-order valence-electron chi connectivity index (χ0n) is 17.3. The van der Waals surface area contributed by atoms with Crippen LogP contribution in [-0.4, -0.2) is 41.2 Å². The molecule has 1 unspecified atom stereocenters. The highest BCUT2D eigenvalue weighted by atomic mass is 35.5. The van der Waals surface area contributed by atoms with E-state index in [2.05, 4.69) is 15.3 Å². The number of carbonyl (C=O) groups excluding carboxylic acids is 1. The van der Waals surface area contributed by atoms with E-state index >= 15 is 0 Å². The Morgan fingerprint density at radius 2 is 1.93 bits per heavy atom. The molecule has 0 radical (unpaired) electrons. The molecule has 1 aromatic carbocycles. The van der Waals surface area contributed by atoms with E-state index in [-0.39, 0.29) is 11.9 Å². The summed E-state index contributed by atoms with van der Waals surface area (Å²) in [6, 6.07) is 13.0. The highest BCUT2D eigenvalue weighted by Crippen LogP contribution is 2.21. The first kappa shape index (κ1) is 21.1. The summed E-state index contributed by atoms with van der Waals surface area (Å²) >= 11 is 6.01. The number of nitrogens with zero attached hydrogens (tertiary/aromatic N) is 3. The zero-order chi connectivity index (χ0) is 21.0. The molecule has 154 valence electrons. The molecule has 0 spiro atoms. The van der Waals surface area contributed by atoms with E-state index in [1.807, 2.05) is 69.0 Å². The summed E-state index contributed by atoms with van der Waals surface area (Å²) < 4.78 is 7.66. The number of nitrogens with one attached hydrogen (secondary N) is 1. The van der Waals surface area contributed by atoms with Crippen molar-refractivity contribution in [1.82, 2.24) is 20.0 Å². The first-order chi connectivity index (χ1) is 13.8. The van der Waals surface area contributed by atoms with Crippen LogP contribution in [0.4, 0.5) is 0 Å². The molecule has 0 saturated carbocycles. The average Bonchev–Trinajstić information content (AvgIpc) is 3.25. The Bertz CT molecular complexity index is 960. The fourth-order valence-corrected chi connectivity index (χ4v) is 3.33. The van der Waals surface area contributed by atoms with E-state index in [0.717, 1.165) is 29.9 Å². The lowest BCUT2D eigenvalue weighted by Crippen LogP contribution is -2.30. The molecule has 7 heteroatoms. The minimum atomic E-state index is -0.233. The van der Waals surface area contributed by atoms with Gasteiger partial charge in [-0.1, -0.05) is 23.7 Å². The van der Waals surface area contributed by atoms with Gasteiger partial charge in [0.1, 0.15) is 5.76 Å². The van der Waals surface area contributed by atoms with Gasteiger partial charge in [0, 0.05) is 10.7 Å². The van der Waals surface area contributed by atoms with Crippen LogP contribution in [0.1, 0.15) is 45.7 Å². The van der Waals surface area contributed by atoms with Crippen LogP contribution >= 0.6 is 11.6 Å². The predicted molar refractivity (Wildman–Crippen MR) is 114 cm³/mol. The molecule has 0 fully saturated rings. The molecule has 0 aliphatic heterocycles. The van der Waals surface area contributed by atoms with E-state index in [1.54, 1.807) is 6.07 Å². The summed E-state index contributed by atoms with van der Waals surface area (Å²) in [7, 11) is 4.02. The number of carbonyl (C=O) groups is 1. The van der Waals surface area contributed by atoms with Crippen molar-refractivity contribution in [2.75, 3.05) is 20.6 Å². The van der Waals surface area contributed by atoms with Crippen LogP contribution in [-0.2, 0) is 6.54 Å². The largest absolute Gasteiger partial charge is 0.454 e. The first-order valence-corrected chi connectivity index (χ1v) is 10.0. The third-order valence-electron chi connectivity index (χ3n) is 4.74. The maximum Gasteiger partial charge on any atom is 0.287 e. The minimum absolute atomic E-state index is 0.133. The third kappa shape index (κ3) is 5.71. The van der Waals surface area contributed by atoms with Gasteiger partial charge >= 0.3 is 0 Å². The topological polar surface area (TPSA) is 63.3 Å². The number of hydrogen-bond donors (Lipinski definition) is 1. The van der Waals surface area contributed by atoms with Crippen LogP contribution in [0, 0.1) is 13.8 Å². The highest BCUT2D eigenvalue weighted by Gasteiger charge is 2.19. The molecule has 3 aromatic rings. The predicted octanol–water partition coefficient (Wildman–Crippen LogP) is 4.22. The van der Waals surface area contributed by atoms with E-state index in [0.29, 0.717) is 23.1 Å². The molecule has 2 heterocycles. The first-order valence-electron chi connectivity index (χ1n) is 9.62. The summed E-state index contributed by atoms with van der Waals surface area (Å²) in [6.07, 6.45) is 0.777. The summed E-state index contributed by atoms with van der Waals surface area (Å²) in [4.78, 5) is 14.9. The van der Waals surface area contributed by atoms with Crippen molar-refractivity contribution in [3.05, 3.63) is 76.0 Å². The number of benzene rings is 1. The van der Waals surface area contributed by atoms with Crippen molar-refractivity contribution >= 4 is 17.5 Å². The van der Waals surface area contributed by atoms with E-state index in [1.165, 1.54) is 0 Å². The molecule has 1 atom stereocenters. The summed E-state index contributed by atoms with van der Waals surface area (Å²) in [5.41, 5.74) is 3.02. The van der Waals surface area contributed by atoms with Gasteiger partial charge in [-0.3, -0.25) is 9.48 Å². The Kier molecular flexibility index (Phi) is 6.77. The molecule has 1 amide bonds. The molecule has 2 aromatic heterocycles. The van der Waals surface area contributed by atoms with Crippen LogP contribution in [0.3, 0.4) is 0 Å². The lowest BCUT2D eigenvalue weighted by molar-refractivity contribution is 0.0902. The number of hydrogen-bond acceptors (Lipinski definition) is 4. The second-order valence-corrected chi connectivity index (χ2v) is 7.96. The number of furan rings is 1. The summed E-state index contributed by atoms with van der Waals surface area (Å²) in [5, 5.41) is 8.20. The second-order valence-electron chi connectivity index (χ2n) is 7.52. The smallest absolute Gasteiger partial charge is 0.287 e. The third-order valence-corrected chi connectivity index (χ3v) is 4.99. The molecule has 1 N–H and O–H groups in total. The SMILES string of the molecule is Cc1cc(C)n(Cc2ccc(C(=O)NC(CCN(C)C)c3ccc(Cl)cc3)o2)n1. The maximum atomic E-state index is 12.8. The molecule has 0 bridgehead atoms. The second kappa shape index (κ2) is 9.29. The van der Waals surface area contributed by atoms with Gasteiger partial charge in [0.25, 0.3) is 5.91 Å². The number of halogens is 1. The Morgan fingerprint density at radius 3 is 2.55 bits per heavy atom. The fraction of sp³-hybridized carbons (Fsp3) is 0.364. The number of aryl methyl sites for hydroxylation is 2. The van der Waals surface area contributed by atoms with Gasteiger partial charge in [0.05, 0.1) is 18.3 Å². The van der Waals surface area contributed by atoms with E-state index < -0.39 is 0 Å². The number of amides is 1. The molecule has 0 saturated heterocycles. The average molecular weight is 415 g/mol. The Hall–Kier alpha value is -2.57. The van der Waals surface area contributed by atoms with Crippen molar-refractivity contribution in [2.45, 2.75) is 32.9 Å². The number of aromatic nitrogens is 2. The van der Waals surface area contributed by atoms with Crippen LogP contribution in [0.25, 0.3) is 0 Å². The quantitative estimate of drug-likeness (QED) is 0.599. The minimum Gasteiger partial charge on any atom is -0.454 e. The van der Waals surface area contributed by atoms with Gasteiger partial charge < -0.3 is 14.6 Å². The molecular weight excluding hydrogens is 388 g/mol. The van der Waals surface area contributed by atoms with Crippen molar-refractivity contribution in [3.63, 3.8) is 0 Å². The van der Waals surface area contributed by atoms with Crippen molar-refractivity contribution in [3.8, 4) is 0 Å². The molecule has 6 nitrogen and oxygen atoms in total. The van der Waals surface area contributed by atoms with Gasteiger partial charge in [-0.15, -0.1) is 0 Å². The van der Waals surface area contributed by atoms with Gasteiger partial charge in [-0.25, -0.2) is 0 Å². The van der Waals surface area contributed by atoms with Gasteiger partial charge in [0.2, 0.25) is 0 Å². The summed E-state index contributed by atoms with van der Waals surface area (Å²) in [5.74, 6) is 0.756. The molecule has 0 aliphatic rings. The Labute approximate surface area is 176 Å². The molecule has 0 aliphatic carbocycles. The number of rotatable bonds is 8. The van der Waals surface area contributed by atoms with Gasteiger partial charge in [-0.2, -0.15) is 5.10 Å². The summed E-state index contributed by atoms with van der Waals surface area (Å²) in [6.45, 7) is 5.29. The maximum absolute atomic E-state index is 12.8. The fourth-order valence-electron chi connectivity index (χ4n) is 3.20. The lowest BCUT2D eigenvalue weighted by Gasteiger charge is -2.21. The van der Waals surface area contributed by atoms with E-state index in [9.17, 15) is 4.79 Å². The van der Waals surface area contributed by atoms with Crippen LogP contribution in [0.5, 0.6) is 0 Å². The monoisotopic (exact) mass is 414 g/mol. The van der Waals surface area contributed by atoms with Crippen molar-refractivity contribution in [2.24, 2.45) is 0 Å². The Balaban J connectivity index is 1.71. The van der Waals surface area contributed by atoms with Crippen LogP contribution in [0.15, 0.2) is 46.9 Å². The van der Waals surface area contributed by atoms with Gasteiger partial charge in [0.15, 0.2) is 5.76 Å². The highest BCUT2D eigenvalue weighted by molar-refractivity contribution is 6.30. The molecule has 29 heavy (non-hydrogen) atoms. The standard InChI is InChI=1S/C22H27ClN4O2/c1-15-13-16(2)27(25-15)14-19-9-10-21(29-19)22(28)24-20(11-12-26(3)4)17-5-7-18(23)8-6-17/h5-10,13,20H,11-12,14H2,1-4H3,(H,24,28). The normalized spacial score (nSPS) is 12.3. The van der Waals surface area contributed by atoms with Crippen molar-refractivity contribution in [1.29, 1.82) is 0 Å². The van der Waals surface area contributed by atoms with Crippen LogP contribution in [0.2, 0.25) is 5.02 Å². The van der Waals surface area contributed by atoms with Crippen LogP contribution < -0.4 is 5.32 Å². The lowest BCUT2D eigenvalue weighted by atomic mass is 10.0. The molecule has 3 rings (SSSR count). The van der Waals surface area contributed by atoms with E-state index in [4.69, 9.17) is 16.0 Å².